The van der Waals surface area contributed by atoms with Crippen molar-refractivity contribution in [3.63, 3.8) is 0 Å². The van der Waals surface area contributed by atoms with Crippen molar-refractivity contribution in [2.75, 3.05) is 13.7 Å². The van der Waals surface area contributed by atoms with E-state index in [1.54, 1.807) is 7.11 Å². The van der Waals surface area contributed by atoms with Crippen LogP contribution in [0.3, 0.4) is 0 Å². The van der Waals surface area contributed by atoms with Gasteiger partial charge in [-0.3, -0.25) is 0 Å². The number of nitrogens with one attached hydrogen (secondary N) is 1. The molecule has 0 radical (unpaired) electrons. The Hall–Kier alpha value is -0.290. The summed E-state index contributed by atoms with van der Waals surface area (Å²) in [5.41, 5.74) is 1.41. The van der Waals surface area contributed by atoms with E-state index in [4.69, 9.17) is 4.74 Å². The van der Waals surface area contributed by atoms with Crippen LogP contribution in [-0.4, -0.2) is 13.7 Å². The molecule has 1 aliphatic heterocycles. The molecule has 2 nitrogen and oxygen atoms in total. The van der Waals surface area contributed by atoms with E-state index in [9.17, 15) is 0 Å². The molecule has 0 unspecified atom stereocenters. The topological polar surface area (TPSA) is 21.3 Å². The van der Waals surface area contributed by atoms with Crippen LogP contribution in [0.4, 0.5) is 0 Å². The van der Waals surface area contributed by atoms with Crippen LogP contribution >= 0.6 is 22.6 Å². The predicted molar refractivity (Wildman–Crippen MR) is 70.3 cm³/mol. The molecule has 0 amide bonds. The number of hydrogen-bond donors (Lipinski definition) is 1. The number of benzene rings is 1. The fourth-order valence-electron chi connectivity index (χ4n) is 2.03. The lowest BCUT2D eigenvalue weighted by Gasteiger charge is -2.25. The number of rotatable bonds is 2. The van der Waals surface area contributed by atoms with Crippen LogP contribution in [0.25, 0.3) is 0 Å². The third-order valence-electron chi connectivity index (χ3n) is 2.89. The van der Waals surface area contributed by atoms with Crippen molar-refractivity contribution in [1.82, 2.24) is 5.32 Å². The van der Waals surface area contributed by atoms with Gasteiger partial charge in [0.05, 0.1) is 7.11 Å². The maximum atomic E-state index is 5.21. The fourth-order valence-corrected chi connectivity index (χ4v) is 2.90. The number of hydrogen-bond acceptors (Lipinski definition) is 2. The Bertz CT molecular complexity index is 334. The van der Waals surface area contributed by atoms with Crippen molar-refractivity contribution in [3.8, 4) is 5.75 Å². The highest BCUT2D eigenvalue weighted by atomic mass is 127. The SMILES string of the molecule is COc1ccc([C@H]2CCCCN2)c(I)c1. The molecule has 0 bridgehead atoms. The lowest BCUT2D eigenvalue weighted by atomic mass is 9.97. The summed E-state index contributed by atoms with van der Waals surface area (Å²) in [6.45, 7) is 1.15. The molecule has 1 aliphatic rings. The Morgan fingerprint density at radius 1 is 1.40 bits per heavy atom. The van der Waals surface area contributed by atoms with Gasteiger partial charge in [0, 0.05) is 9.61 Å². The number of methoxy groups -OCH3 is 1. The molecule has 1 aromatic rings. The van der Waals surface area contributed by atoms with Crippen molar-refractivity contribution in [2.24, 2.45) is 0 Å². The summed E-state index contributed by atoms with van der Waals surface area (Å²) in [6.07, 6.45) is 3.89. The predicted octanol–water partition coefficient (Wildman–Crippen LogP) is 3.11. The third kappa shape index (κ3) is 2.64. The van der Waals surface area contributed by atoms with Gasteiger partial charge in [-0.1, -0.05) is 12.5 Å². The van der Waals surface area contributed by atoms with Gasteiger partial charge >= 0.3 is 0 Å². The first-order valence-electron chi connectivity index (χ1n) is 5.38. The molecule has 2 rings (SSSR count). The Kier molecular flexibility index (Phi) is 3.86. The first-order chi connectivity index (χ1) is 7.31. The van der Waals surface area contributed by atoms with E-state index in [0.717, 1.165) is 12.3 Å². The maximum Gasteiger partial charge on any atom is 0.119 e. The zero-order valence-electron chi connectivity index (χ0n) is 8.92. The van der Waals surface area contributed by atoms with E-state index in [1.165, 1.54) is 28.4 Å². The Morgan fingerprint density at radius 3 is 2.87 bits per heavy atom. The van der Waals surface area contributed by atoms with Gasteiger partial charge in [-0.25, -0.2) is 0 Å². The summed E-state index contributed by atoms with van der Waals surface area (Å²) in [5, 5.41) is 3.57. The lowest BCUT2D eigenvalue weighted by Crippen LogP contribution is -2.27. The summed E-state index contributed by atoms with van der Waals surface area (Å²) in [6, 6.07) is 6.88. The average molecular weight is 317 g/mol. The van der Waals surface area contributed by atoms with Crippen LogP contribution in [0.5, 0.6) is 5.75 Å². The molecule has 3 heteroatoms. The summed E-state index contributed by atoms with van der Waals surface area (Å²) in [4.78, 5) is 0. The van der Waals surface area contributed by atoms with E-state index in [-0.39, 0.29) is 0 Å². The molecule has 0 saturated carbocycles. The molecular weight excluding hydrogens is 301 g/mol. The molecule has 1 fully saturated rings. The maximum absolute atomic E-state index is 5.21. The third-order valence-corrected chi connectivity index (χ3v) is 3.83. The summed E-state index contributed by atoms with van der Waals surface area (Å²) in [5.74, 6) is 0.943. The quantitative estimate of drug-likeness (QED) is 0.846. The molecule has 1 N–H and O–H groups in total. The highest BCUT2D eigenvalue weighted by Crippen LogP contribution is 2.29. The monoisotopic (exact) mass is 317 g/mol. The van der Waals surface area contributed by atoms with E-state index in [1.807, 2.05) is 6.07 Å². The minimum absolute atomic E-state index is 0.538. The first kappa shape index (κ1) is 11.2. The smallest absolute Gasteiger partial charge is 0.119 e. The zero-order chi connectivity index (χ0) is 10.7. The normalized spacial score (nSPS) is 21.3. The summed E-state index contributed by atoms with van der Waals surface area (Å²) >= 11 is 2.39. The van der Waals surface area contributed by atoms with Gasteiger partial charge in [-0.2, -0.15) is 0 Å². The number of piperidine rings is 1. The highest BCUT2D eigenvalue weighted by molar-refractivity contribution is 14.1. The first-order valence-corrected chi connectivity index (χ1v) is 6.46. The number of halogens is 1. The minimum atomic E-state index is 0.538. The molecule has 1 atom stereocenters. The summed E-state index contributed by atoms with van der Waals surface area (Å²) < 4.78 is 6.51. The van der Waals surface area contributed by atoms with E-state index < -0.39 is 0 Å². The van der Waals surface area contributed by atoms with Crippen LogP contribution in [-0.2, 0) is 0 Å². The molecule has 1 heterocycles. The fraction of sp³-hybridized carbons (Fsp3) is 0.500. The van der Waals surface area contributed by atoms with Crippen LogP contribution in [0, 0.1) is 3.57 Å². The Labute approximate surface area is 105 Å². The van der Waals surface area contributed by atoms with Gasteiger partial charge in [0.15, 0.2) is 0 Å². The molecule has 15 heavy (non-hydrogen) atoms. The van der Waals surface area contributed by atoms with Crippen molar-refractivity contribution in [1.29, 1.82) is 0 Å². The van der Waals surface area contributed by atoms with Crippen molar-refractivity contribution in [2.45, 2.75) is 25.3 Å². The second-order valence-electron chi connectivity index (χ2n) is 3.89. The molecule has 82 valence electrons. The lowest BCUT2D eigenvalue weighted by molar-refractivity contribution is 0.404. The van der Waals surface area contributed by atoms with Gasteiger partial charge in [0.2, 0.25) is 0 Å². The molecule has 1 saturated heterocycles. The van der Waals surface area contributed by atoms with Gasteiger partial charge < -0.3 is 10.1 Å². The molecular formula is C12H16INO. The second-order valence-corrected chi connectivity index (χ2v) is 5.05. The van der Waals surface area contributed by atoms with Crippen LogP contribution in [0.2, 0.25) is 0 Å². The summed E-state index contributed by atoms with van der Waals surface area (Å²) in [7, 11) is 1.71. The van der Waals surface area contributed by atoms with Crippen LogP contribution < -0.4 is 10.1 Å². The van der Waals surface area contributed by atoms with Crippen LogP contribution in [0.15, 0.2) is 18.2 Å². The standard InChI is InChI=1S/C12H16INO/c1-15-9-5-6-10(11(13)8-9)12-4-2-3-7-14-12/h5-6,8,12,14H,2-4,7H2,1H3/t12-/m1/s1. The Balaban J connectivity index is 2.19. The highest BCUT2D eigenvalue weighted by Gasteiger charge is 2.16. The molecule has 0 aromatic heterocycles. The Morgan fingerprint density at radius 2 is 2.27 bits per heavy atom. The second kappa shape index (κ2) is 5.16. The van der Waals surface area contributed by atoms with E-state index >= 15 is 0 Å². The van der Waals surface area contributed by atoms with Crippen molar-refractivity contribution < 1.29 is 4.74 Å². The minimum Gasteiger partial charge on any atom is -0.497 e. The molecule has 1 aromatic carbocycles. The van der Waals surface area contributed by atoms with Gasteiger partial charge in [0.1, 0.15) is 5.75 Å². The van der Waals surface area contributed by atoms with Gasteiger partial charge in [-0.05, 0) is 59.7 Å². The van der Waals surface area contributed by atoms with Crippen molar-refractivity contribution in [3.05, 3.63) is 27.3 Å². The van der Waals surface area contributed by atoms with Gasteiger partial charge in [-0.15, -0.1) is 0 Å². The largest absolute Gasteiger partial charge is 0.497 e. The van der Waals surface area contributed by atoms with Gasteiger partial charge in [0.25, 0.3) is 0 Å². The van der Waals surface area contributed by atoms with Crippen LogP contribution in [0.1, 0.15) is 30.9 Å². The van der Waals surface area contributed by atoms with E-state index in [0.29, 0.717) is 6.04 Å². The van der Waals surface area contributed by atoms with E-state index in [2.05, 4.69) is 40.0 Å². The average Bonchev–Trinajstić information content (AvgIpc) is 2.30. The van der Waals surface area contributed by atoms with Crippen molar-refractivity contribution >= 4 is 22.6 Å². The zero-order valence-corrected chi connectivity index (χ0v) is 11.1. The number of ether oxygens (including phenoxy) is 1. The molecule has 0 aliphatic carbocycles. The molecule has 0 spiro atoms.